The maximum atomic E-state index is 13.0. The number of hydrogen-bond donors (Lipinski definition) is 0. The lowest BCUT2D eigenvalue weighted by Gasteiger charge is -2.22. The van der Waals surface area contributed by atoms with Crippen molar-refractivity contribution in [2.75, 3.05) is 24.3 Å². The molecular weight excluding hydrogens is 388 g/mol. The lowest BCUT2D eigenvalue weighted by atomic mass is 10.2. The molecule has 3 aromatic rings. The van der Waals surface area contributed by atoms with Gasteiger partial charge in [0.05, 0.1) is 28.5 Å². The van der Waals surface area contributed by atoms with Crippen LogP contribution in [0, 0.1) is 0 Å². The molecule has 1 fully saturated rings. The zero-order valence-electron chi connectivity index (χ0n) is 14.6. The highest BCUT2D eigenvalue weighted by atomic mass is 32.2. The molecule has 27 heavy (non-hydrogen) atoms. The summed E-state index contributed by atoms with van der Waals surface area (Å²) < 4.78 is 35.8. The fourth-order valence-corrected chi connectivity index (χ4v) is 5.00. The zero-order chi connectivity index (χ0) is 19.0. The Morgan fingerprint density at radius 3 is 2.85 bits per heavy atom. The molecule has 0 N–H and O–H groups in total. The van der Waals surface area contributed by atoms with Crippen LogP contribution in [0.3, 0.4) is 0 Å². The molecule has 4 rings (SSSR count). The highest BCUT2D eigenvalue weighted by molar-refractivity contribution is 7.91. The number of furan rings is 1. The van der Waals surface area contributed by atoms with Crippen LogP contribution in [0.4, 0.5) is 5.13 Å². The molecule has 9 heteroatoms. The summed E-state index contributed by atoms with van der Waals surface area (Å²) in [6.45, 7) is 1.01. The largest absolute Gasteiger partial charge is 0.459 e. The van der Waals surface area contributed by atoms with Crippen LogP contribution in [0.2, 0.25) is 0 Å². The van der Waals surface area contributed by atoms with E-state index in [0.717, 1.165) is 19.1 Å². The zero-order valence-corrected chi connectivity index (χ0v) is 16.3. The molecule has 0 spiro atoms. The highest BCUT2D eigenvalue weighted by Gasteiger charge is 2.29. The second kappa shape index (κ2) is 7.06. The Hall–Kier alpha value is -2.23. The van der Waals surface area contributed by atoms with E-state index >= 15 is 0 Å². The van der Waals surface area contributed by atoms with Crippen LogP contribution in [0.1, 0.15) is 23.4 Å². The fourth-order valence-electron chi connectivity index (χ4n) is 3.10. The van der Waals surface area contributed by atoms with Gasteiger partial charge in [-0.2, -0.15) is 0 Å². The van der Waals surface area contributed by atoms with Crippen LogP contribution in [0.15, 0.2) is 45.9 Å². The summed E-state index contributed by atoms with van der Waals surface area (Å²) >= 11 is 1.28. The minimum Gasteiger partial charge on any atom is -0.459 e. The number of thiazole rings is 1. The Bertz CT molecular complexity index is 1070. The molecule has 1 amide bonds. The van der Waals surface area contributed by atoms with Crippen molar-refractivity contribution in [2.45, 2.75) is 23.8 Å². The minimum atomic E-state index is -3.43. The third-order valence-electron chi connectivity index (χ3n) is 4.39. The number of sulfone groups is 1. The Kier molecular flexibility index (Phi) is 4.75. The topological polar surface area (TPSA) is 89.7 Å². The van der Waals surface area contributed by atoms with Crippen LogP contribution in [0.25, 0.3) is 10.2 Å². The molecule has 142 valence electrons. The normalized spacial score (nSPS) is 17.4. The van der Waals surface area contributed by atoms with Crippen molar-refractivity contribution in [2.24, 2.45) is 0 Å². The summed E-state index contributed by atoms with van der Waals surface area (Å²) in [6.07, 6.45) is 4.33. The number of carbonyl (C=O) groups excluding carboxylic acids is 1. The molecule has 1 aliphatic rings. The Morgan fingerprint density at radius 1 is 1.33 bits per heavy atom. The molecular formula is C18H18N2O5S2. The van der Waals surface area contributed by atoms with Crippen molar-refractivity contribution in [3.8, 4) is 0 Å². The van der Waals surface area contributed by atoms with E-state index in [-0.39, 0.29) is 22.7 Å². The first kappa shape index (κ1) is 18.1. The first-order valence-electron chi connectivity index (χ1n) is 8.50. The predicted molar refractivity (Wildman–Crippen MR) is 102 cm³/mol. The number of rotatable bonds is 5. The van der Waals surface area contributed by atoms with Gasteiger partial charge < -0.3 is 9.15 Å². The van der Waals surface area contributed by atoms with Gasteiger partial charge in [0.1, 0.15) is 5.52 Å². The van der Waals surface area contributed by atoms with E-state index in [0.29, 0.717) is 28.5 Å². The molecule has 7 nitrogen and oxygen atoms in total. The van der Waals surface area contributed by atoms with E-state index in [1.54, 1.807) is 24.3 Å². The molecule has 1 aromatic carbocycles. The summed E-state index contributed by atoms with van der Waals surface area (Å²) in [7, 11) is -3.43. The van der Waals surface area contributed by atoms with Gasteiger partial charge in [-0.3, -0.25) is 9.69 Å². The average Bonchev–Trinajstić information content (AvgIpc) is 3.38. The first-order valence-corrected chi connectivity index (χ1v) is 11.2. The smallest absolute Gasteiger partial charge is 0.295 e. The fraction of sp³-hybridized carbons (Fsp3) is 0.333. The number of para-hydroxylation sites is 1. The van der Waals surface area contributed by atoms with Crippen molar-refractivity contribution in [1.29, 1.82) is 0 Å². The van der Waals surface area contributed by atoms with Gasteiger partial charge in [0, 0.05) is 12.9 Å². The van der Waals surface area contributed by atoms with E-state index < -0.39 is 9.84 Å². The van der Waals surface area contributed by atoms with E-state index in [1.807, 2.05) is 0 Å². The number of amides is 1. The van der Waals surface area contributed by atoms with Gasteiger partial charge >= 0.3 is 0 Å². The molecule has 1 saturated heterocycles. The maximum Gasteiger partial charge on any atom is 0.295 e. The van der Waals surface area contributed by atoms with Crippen LogP contribution < -0.4 is 4.90 Å². The summed E-state index contributed by atoms with van der Waals surface area (Å²) in [4.78, 5) is 19.2. The number of aromatic nitrogens is 1. The monoisotopic (exact) mass is 406 g/mol. The second-order valence-corrected chi connectivity index (χ2v) is 9.39. The van der Waals surface area contributed by atoms with Gasteiger partial charge in [-0.25, -0.2) is 13.4 Å². The molecule has 0 bridgehead atoms. The van der Waals surface area contributed by atoms with Crippen molar-refractivity contribution < 1.29 is 22.4 Å². The molecule has 1 atom stereocenters. The van der Waals surface area contributed by atoms with Crippen molar-refractivity contribution >= 4 is 42.4 Å². The van der Waals surface area contributed by atoms with E-state index in [4.69, 9.17) is 9.15 Å². The van der Waals surface area contributed by atoms with Gasteiger partial charge in [-0.05, 0) is 37.1 Å². The van der Waals surface area contributed by atoms with Gasteiger partial charge in [-0.15, -0.1) is 0 Å². The molecule has 0 radical (unpaired) electrons. The summed E-state index contributed by atoms with van der Waals surface area (Å²) in [5, 5.41) is 0.429. The van der Waals surface area contributed by atoms with Crippen molar-refractivity contribution in [1.82, 2.24) is 4.98 Å². The number of nitrogens with zero attached hydrogens (tertiary/aromatic N) is 2. The number of fused-ring (bicyclic) bond motifs is 1. The minimum absolute atomic E-state index is 0.0784. The predicted octanol–water partition coefficient (Wildman–Crippen LogP) is 3.12. The molecule has 0 unspecified atom stereocenters. The Morgan fingerprint density at radius 2 is 2.19 bits per heavy atom. The first-order chi connectivity index (χ1) is 12.9. The van der Waals surface area contributed by atoms with Gasteiger partial charge in [-0.1, -0.05) is 17.4 Å². The average molecular weight is 406 g/mol. The summed E-state index contributed by atoms with van der Waals surface area (Å²) in [6, 6.07) is 8.25. The van der Waals surface area contributed by atoms with Gasteiger partial charge in [0.15, 0.2) is 20.7 Å². The second-order valence-electron chi connectivity index (χ2n) is 6.40. The Labute approximate surface area is 160 Å². The highest BCUT2D eigenvalue weighted by Crippen LogP contribution is 2.34. The molecule has 2 aromatic heterocycles. The molecule has 0 aliphatic carbocycles. The quantitative estimate of drug-likeness (QED) is 0.647. The van der Waals surface area contributed by atoms with Crippen LogP contribution >= 0.6 is 11.3 Å². The van der Waals surface area contributed by atoms with Crippen LogP contribution in [0.5, 0.6) is 0 Å². The number of benzene rings is 1. The SMILES string of the molecule is CS(=O)(=O)c1cccc2sc(N(C[C@H]3CCCO3)C(=O)c3ccco3)nc12. The van der Waals surface area contributed by atoms with Crippen LogP contribution in [-0.4, -0.2) is 44.8 Å². The molecule has 0 saturated carbocycles. The lowest BCUT2D eigenvalue weighted by molar-refractivity contribution is 0.0895. The molecule has 1 aliphatic heterocycles. The molecule has 3 heterocycles. The third-order valence-corrected chi connectivity index (χ3v) is 6.56. The summed E-state index contributed by atoms with van der Waals surface area (Å²) in [5.41, 5.74) is 0.379. The number of carbonyl (C=O) groups is 1. The van der Waals surface area contributed by atoms with E-state index in [1.165, 1.54) is 28.6 Å². The Balaban J connectivity index is 1.78. The van der Waals surface area contributed by atoms with Gasteiger partial charge in [0.2, 0.25) is 0 Å². The van der Waals surface area contributed by atoms with E-state index in [2.05, 4.69) is 4.98 Å². The maximum absolute atomic E-state index is 13.0. The number of anilines is 1. The van der Waals surface area contributed by atoms with Crippen molar-refractivity contribution in [3.63, 3.8) is 0 Å². The van der Waals surface area contributed by atoms with Crippen molar-refractivity contribution in [3.05, 3.63) is 42.4 Å². The van der Waals surface area contributed by atoms with Gasteiger partial charge in [0.25, 0.3) is 5.91 Å². The summed E-state index contributed by atoms with van der Waals surface area (Å²) in [5.74, 6) is -0.119. The number of hydrogen-bond acceptors (Lipinski definition) is 7. The standard InChI is InChI=1S/C18H18N2O5S2/c1-27(22,23)15-8-2-7-14-16(15)19-18(26-14)20(11-12-5-3-9-24-12)17(21)13-6-4-10-25-13/h2,4,6-8,10,12H,3,5,9,11H2,1H3/t12-/m1/s1. The number of ether oxygens (including phenoxy) is 1. The van der Waals surface area contributed by atoms with Crippen LogP contribution in [-0.2, 0) is 14.6 Å². The third kappa shape index (κ3) is 3.62. The van der Waals surface area contributed by atoms with E-state index in [9.17, 15) is 13.2 Å². The lowest BCUT2D eigenvalue weighted by Crippen LogP contribution is -2.37.